The molecule has 2 aromatic rings. The molecule has 0 spiro atoms. The van der Waals surface area contributed by atoms with Gasteiger partial charge in [0.2, 0.25) is 5.91 Å². The third-order valence-corrected chi connectivity index (χ3v) is 5.21. The van der Waals surface area contributed by atoms with Crippen LogP contribution in [-0.2, 0) is 11.3 Å². The maximum Gasteiger partial charge on any atom is 0.242 e. The van der Waals surface area contributed by atoms with E-state index >= 15 is 0 Å². The predicted molar refractivity (Wildman–Crippen MR) is 119 cm³/mol. The van der Waals surface area contributed by atoms with Gasteiger partial charge in [0.25, 0.3) is 0 Å². The molecule has 2 N–H and O–H groups in total. The first-order valence-corrected chi connectivity index (χ1v) is 9.18. The fourth-order valence-corrected chi connectivity index (χ4v) is 3.44. The van der Waals surface area contributed by atoms with Crippen LogP contribution in [-0.4, -0.2) is 41.5 Å². The number of amides is 1. The molecule has 0 bridgehead atoms. The number of benzene rings is 1. The molecule has 28 heavy (non-hydrogen) atoms. The van der Waals surface area contributed by atoms with Crippen molar-refractivity contribution in [2.24, 2.45) is 11.1 Å². The van der Waals surface area contributed by atoms with Crippen molar-refractivity contribution >= 4 is 36.4 Å². The van der Waals surface area contributed by atoms with Crippen LogP contribution in [0.5, 0.6) is 0 Å². The van der Waals surface area contributed by atoms with Crippen LogP contribution in [0.4, 0.5) is 5.69 Å². The minimum Gasteiger partial charge on any atom is -0.358 e. The van der Waals surface area contributed by atoms with Crippen LogP contribution in [0, 0.1) is 5.41 Å². The number of pyridine rings is 1. The van der Waals surface area contributed by atoms with E-state index in [4.69, 9.17) is 5.73 Å². The highest BCUT2D eigenvalue weighted by molar-refractivity contribution is 5.85. The van der Waals surface area contributed by atoms with E-state index in [9.17, 15) is 4.79 Å². The second-order valence-electron chi connectivity index (χ2n) is 7.75. The van der Waals surface area contributed by atoms with Gasteiger partial charge in [-0.1, -0.05) is 38.1 Å². The Hall–Kier alpha value is -1.82. The Bertz CT molecular complexity index is 728. The first-order valence-electron chi connectivity index (χ1n) is 9.18. The van der Waals surface area contributed by atoms with E-state index in [1.54, 1.807) is 6.20 Å². The number of nitrogens with zero attached hydrogens (tertiary/aromatic N) is 3. The summed E-state index contributed by atoms with van der Waals surface area (Å²) in [5, 5.41) is 0. The molecule has 1 fully saturated rings. The maximum atomic E-state index is 13.0. The summed E-state index contributed by atoms with van der Waals surface area (Å²) in [7, 11) is 0. The number of hydrogen-bond donors (Lipinski definition) is 1. The van der Waals surface area contributed by atoms with Crippen molar-refractivity contribution in [1.29, 1.82) is 0 Å². The van der Waals surface area contributed by atoms with Crippen molar-refractivity contribution in [1.82, 2.24) is 9.88 Å². The summed E-state index contributed by atoms with van der Waals surface area (Å²) in [6.45, 7) is 6.73. The van der Waals surface area contributed by atoms with Gasteiger partial charge in [-0.25, -0.2) is 0 Å². The Kier molecular flexibility index (Phi) is 9.21. The van der Waals surface area contributed by atoms with E-state index in [1.807, 2.05) is 53.6 Å². The Morgan fingerprint density at radius 1 is 1.21 bits per heavy atom. The van der Waals surface area contributed by atoms with Crippen molar-refractivity contribution in [2.75, 3.05) is 24.5 Å². The van der Waals surface area contributed by atoms with Crippen LogP contribution >= 0.6 is 24.8 Å². The summed E-state index contributed by atoms with van der Waals surface area (Å²) < 4.78 is 0. The monoisotopic (exact) mass is 424 g/mol. The Labute approximate surface area is 180 Å². The molecular weight excluding hydrogens is 395 g/mol. The highest BCUT2D eigenvalue weighted by Gasteiger charge is 2.35. The maximum absolute atomic E-state index is 13.0. The summed E-state index contributed by atoms with van der Waals surface area (Å²) in [5.41, 5.74) is 8.29. The summed E-state index contributed by atoms with van der Waals surface area (Å²) in [4.78, 5) is 21.3. The fourth-order valence-electron chi connectivity index (χ4n) is 3.44. The van der Waals surface area contributed by atoms with Gasteiger partial charge in [-0.05, 0) is 35.6 Å². The zero-order valence-electron chi connectivity index (χ0n) is 16.5. The van der Waals surface area contributed by atoms with E-state index in [-0.39, 0.29) is 42.2 Å². The fraction of sp³-hybridized carbons (Fsp3) is 0.429. The molecule has 1 aliphatic rings. The molecule has 0 radical (unpaired) electrons. The zero-order chi connectivity index (χ0) is 18.6. The second-order valence-corrected chi connectivity index (χ2v) is 7.75. The van der Waals surface area contributed by atoms with E-state index in [0.717, 1.165) is 24.2 Å². The number of carbonyl (C=O) groups excluding carboxylic acids is 1. The number of nitrogens with two attached hydrogens (primary N) is 1. The van der Waals surface area contributed by atoms with Gasteiger partial charge >= 0.3 is 0 Å². The minimum atomic E-state index is -0.0468. The van der Waals surface area contributed by atoms with Crippen molar-refractivity contribution in [3.8, 4) is 0 Å². The van der Waals surface area contributed by atoms with Gasteiger partial charge in [0, 0.05) is 43.8 Å². The zero-order valence-corrected chi connectivity index (χ0v) is 18.1. The quantitative estimate of drug-likeness (QED) is 0.797. The number of hydrogen-bond acceptors (Lipinski definition) is 4. The lowest BCUT2D eigenvalue weighted by Gasteiger charge is -2.43. The van der Waals surface area contributed by atoms with Gasteiger partial charge < -0.3 is 15.5 Å². The number of rotatable bonds is 5. The lowest BCUT2D eigenvalue weighted by molar-refractivity contribution is -0.133. The van der Waals surface area contributed by atoms with E-state index < -0.39 is 0 Å². The van der Waals surface area contributed by atoms with Crippen molar-refractivity contribution in [3.63, 3.8) is 0 Å². The van der Waals surface area contributed by atoms with Crippen molar-refractivity contribution in [3.05, 3.63) is 60.4 Å². The van der Waals surface area contributed by atoms with Crippen LogP contribution < -0.4 is 10.6 Å². The molecule has 1 aromatic heterocycles. The topological polar surface area (TPSA) is 62.5 Å². The molecule has 5 nitrogen and oxygen atoms in total. The summed E-state index contributed by atoms with van der Waals surface area (Å²) >= 11 is 0. The largest absolute Gasteiger partial charge is 0.358 e. The van der Waals surface area contributed by atoms with Gasteiger partial charge in [-0.15, -0.1) is 24.8 Å². The lowest BCUT2D eigenvalue weighted by Crippen LogP contribution is -2.55. The molecule has 154 valence electrons. The standard InChI is InChI=1S/C21H28N4O.2ClH/c1-21(2)16-24(12-10-19(21)22)20(26)15-25(18-8-4-3-5-9-18)14-17-7-6-11-23-13-17;;/h3-9,11,13,19H,10,12,14-16,22H2,1-2H3;2*1H. The van der Waals surface area contributed by atoms with E-state index in [2.05, 4.69) is 23.7 Å². The molecule has 1 aliphatic heterocycles. The molecule has 7 heteroatoms. The normalized spacial score (nSPS) is 17.8. The number of aromatic nitrogens is 1. The average Bonchev–Trinajstić information content (AvgIpc) is 2.65. The summed E-state index contributed by atoms with van der Waals surface area (Å²) in [6, 6.07) is 14.2. The minimum absolute atomic E-state index is 0. The molecule has 0 aliphatic carbocycles. The Morgan fingerprint density at radius 2 is 1.93 bits per heavy atom. The molecule has 1 aromatic carbocycles. The number of likely N-dealkylation sites (tertiary alicyclic amines) is 1. The average molecular weight is 425 g/mol. The van der Waals surface area contributed by atoms with Crippen LogP contribution in [0.25, 0.3) is 0 Å². The Morgan fingerprint density at radius 3 is 2.54 bits per heavy atom. The van der Waals surface area contributed by atoms with Crippen LogP contribution in [0.1, 0.15) is 25.8 Å². The highest BCUT2D eigenvalue weighted by Crippen LogP contribution is 2.28. The number of para-hydroxylation sites is 1. The van der Waals surface area contributed by atoms with Gasteiger partial charge in [-0.3, -0.25) is 9.78 Å². The number of carbonyl (C=O) groups is 1. The third kappa shape index (κ3) is 6.09. The van der Waals surface area contributed by atoms with E-state index in [0.29, 0.717) is 19.6 Å². The number of halogens is 2. The molecule has 2 heterocycles. The lowest BCUT2D eigenvalue weighted by atomic mass is 9.79. The Balaban J connectivity index is 0.00000196. The van der Waals surface area contributed by atoms with E-state index in [1.165, 1.54) is 0 Å². The highest BCUT2D eigenvalue weighted by atomic mass is 35.5. The second kappa shape index (κ2) is 10.6. The molecule has 1 atom stereocenters. The molecule has 1 amide bonds. The first kappa shape index (κ1) is 24.2. The van der Waals surface area contributed by atoms with Crippen molar-refractivity contribution < 1.29 is 4.79 Å². The smallest absolute Gasteiger partial charge is 0.242 e. The van der Waals surface area contributed by atoms with Crippen LogP contribution in [0.15, 0.2) is 54.9 Å². The van der Waals surface area contributed by atoms with Gasteiger partial charge in [0.05, 0.1) is 6.54 Å². The van der Waals surface area contributed by atoms with Gasteiger partial charge in [-0.2, -0.15) is 0 Å². The predicted octanol–water partition coefficient (Wildman–Crippen LogP) is 3.52. The SMILES string of the molecule is CC1(C)CN(C(=O)CN(Cc2cccnc2)c2ccccc2)CCC1N.Cl.Cl. The van der Waals surface area contributed by atoms with Crippen LogP contribution in [0.2, 0.25) is 0 Å². The number of anilines is 1. The molecule has 3 rings (SSSR count). The van der Waals surface area contributed by atoms with Gasteiger partial charge in [0.15, 0.2) is 0 Å². The molecule has 1 unspecified atom stereocenters. The van der Waals surface area contributed by atoms with Crippen LogP contribution in [0.3, 0.4) is 0 Å². The molecular formula is C21H30Cl2N4O. The molecule has 0 saturated carbocycles. The first-order chi connectivity index (χ1) is 12.5. The summed E-state index contributed by atoms with van der Waals surface area (Å²) in [5.74, 6) is 0.151. The number of piperidine rings is 1. The third-order valence-electron chi connectivity index (χ3n) is 5.21. The summed E-state index contributed by atoms with van der Waals surface area (Å²) in [6.07, 6.45) is 4.47. The van der Waals surface area contributed by atoms with Crippen molar-refractivity contribution in [2.45, 2.75) is 32.9 Å². The molecule has 1 saturated heterocycles. The van der Waals surface area contributed by atoms with Gasteiger partial charge in [0.1, 0.15) is 0 Å².